The van der Waals surface area contributed by atoms with Gasteiger partial charge in [0.1, 0.15) is 11.5 Å². The van der Waals surface area contributed by atoms with Crippen molar-refractivity contribution in [3.8, 4) is 5.75 Å². The van der Waals surface area contributed by atoms with Crippen LogP contribution in [-0.4, -0.2) is 34.3 Å². The Hall–Kier alpha value is -2.60. The number of likely N-dealkylation sites (tertiary alicyclic amines) is 1. The van der Waals surface area contributed by atoms with Crippen molar-refractivity contribution in [1.29, 1.82) is 0 Å². The number of aliphatic hydroxyl groups is 1. The molecule has 1 saturated heterocycles. The van der Waals surface area contributed by atoms with Gasteiger partial charge >= 0.3 is 0 Å². The lowest BCUT2D eigenvalue weighted by molar-refractivity contribution is -0.141. The van der Waals surface area contributed by atoms with Gasteiger partial charge in [-0.2, -0.15) is 0 Å². The molecule has 2 aliphatic rings. The second kappa shape index (κ2) is 8.64. The minimum Gasteiger partial charge on any atom is -0.507 e. The molecular weight excluding hydrogens is 398 g/mol. The number of carbonyl (C=O) groups is 2. The highest BCUT2D eigenvalue weighted by Crippen LogP contribution is 2.44. The maximum atomic E-state index is 13.1. The average molecular weight is 426 g/mol. The molecule has 0 radical (unpaired) electrons. The van der Waals surface area contributed by atoms with E-state index in [0.717, 1.165) is 30.6 Å². The molecule has 2 heterocycles. The van der Waals surface area contributed by atoms with Crippen LogP contribution in [0.5, 0.6) is 5.75 Å². The van der Waals surface area contributed by atoms with Gasteiger partial charge in [-0.25, -0.2) is 0 Å². The quantitative estimate of drug-likeness (QED) is 0.395. The molecule has 1 aliphatic heterocycles. The first-order valence-electron chi connectivity index (χ1n) is 10.5. The molecule has 2 aromatic rings. The highest BCUT2D eigenvalue weighted by Gasteiger charge is 2.49. The van der Waals surface area contributed by atoms with Gasteiger partial charge in [-0.1, -0.05) is 44.9 Å². The summed E-state index contributed by atoms with van der Waals surface area (Å²) in [5.74, 6) is -0.245. The van der Waals surface area contributed by atoms with Gasteiger partial charge < -0.3 is 14.7 Å². The highest BCUT2D eigenvalue weighted by molar-refractivity contribution is 7.10. The number of Topliss-reactive ketones (excluding diaryl/α,β-unsaturated/α-hetero) is 1. The number of hydrogen-bond donors (Lipinski definition) is 1. The van der Waals surface area contributed by atoms with Crippen molar-refractivity contribution >= 4 is 28.8 Å². The number of nitrogens with zero attached hydrogens (tertiary/aromatic N) is 1. The highest BCUT2D eigenvalue weighted by atomic mass is 32.1. The Bertz CT molecular complexity index is 957. The van der Waals surface area contributed by atoms with E-state index in [1.165, 1.54) is 11.3 Å². The van der Waals surface area contributed by atoms with Crippen LogP contribution >= 0.6 is 11.3 Å². The fraction of sp³-hybridized carbons (Fsp3) is 0.417. The monoisotopic (exact) mass is 425 g/mol. The van der Waals surface area contributed by atoms with Gasteiger partial charge in [-0.15, -0.1) is 11.3 Å². The maximum absolute atomic E-state index is 13.1. The fourth-order valence-electron chi connectivity index (χ4n) is 4.29. The molecule has 1 amide bonds. The smallest absolute Gasteiger partial charge is 0.295 e. The van der Waals surface area contributed by atoms with Crippen LogP contribution in [0.15, 0.2) is 47.4 Å². The van der Waals surface area contributed by atoms with Crippen LogP contribution < -0.4 is 4.74 Å². The molecule has 1 aromatic carbocycles. The summed E-state index contributed by atoms with van der Waals surface area (Å²) in [5.41, 5.74) is 0.664. The molecule has 1 saturated carbocycles. The number of ketones is 1. The van der Waals surface area contributed by atoms with E-state index in [2.05, 4.69) is 13.8 Å². The minimum atomic E-state index is -0.605. The molecule has 1 aromatic heterocycles. The predicted octanol–water partition coefficient (Wildman–Crippen LogP) is 5.15. The average Bonchev–Trinajstić information content (AvgIpc) is 3.48. The first-order valence-corrected chi connectivity index (χ1v) is 11.4. The lowest BCUT2D eigenvalue weighted by Crippen LogP contribution is -2.37. The Morgan fingerprint density at radius 2 is 1.97 bits per heavy atom. The Kier molecular flexibility index (Phi) is 5.95. The van der Waals surface area contributed by atoms with Gasteiger partial charge in [0.05, 0.1) is 18.2 Å². The van der Waals surface area contributed by atoms with Gasteiger partial charge in [0, 0.05) is 16.5 Å². The number of aliphatic hydroxyl groups excluding tert-OH is 1. The van der Waals surface area contributed by atoms with Crippen LogP contribution in [0.4, 0.5) is 0 Å². The zero-order chi connectivity index (χ0) is 21.3. The summed E-state index contributed by atoms with van der Waals surface area (Å²) in [6.45, 7) is 4.69. The van der Waals surface area contributed by atoms with E-state index in [0.29, 0.717) is 23.8 Å². The summed E-state index contributed by atoms with van der Waals surface area (Å²) >= 11 is 1.50. The van der Waals surface area contributed by atoms with Crippen molar-refractivity contribution in [2.75, 3.05) is 6.61 Å². The molecule has 4 rings (SSSR count). The third-order valence-electron chi connectivity index (χ3n) is 5.70. The van der Waals surface area contributed by atoms with Crippen LogP contribution in [0.3, 0.4) is 0 Å². The lowest BCUT2D eigenvalue weighted by Gasteiger charge is -2.29. The largest absolute Gasteiger partial charge is 0.507 e. The van der Waals surface area contributed by atoms with E-state index < -0.39 is 17.7 Å². The standard InChI is InChI=1S/C24H27NO4S/c1-15(2)14-29-18-10-5-7-16(13-18)22(26)20-21(19-11-6-12-30-19)25(24(28)23(20)27)17-8-3-4-9-17/h5-7,10-13,15,17,21,26H,3-4,8-9,14H2,1-2H3/b22-20-. The van der Waals surface area contributed by atoms with Crippen LogP contribution in [0.1, 0.15) is 56.0 Å². The molecule has 1 atom stereocenters. The van der Waals surface area contributed by atoms with Gasteiger partial charge in [-0.3, -0.25) is 9.59 Å². The van der Waals surface area contributed by atoms with Gasteiger partial charge in [0.25, 0.3) is 11.7 Å². The molecule has 0 bridgehead atoms. The Morgan fingerprint density at radius 1 is 1.20 bits per heavy atom. The molecule has 5 nitrogen and oxygen atoms in total. The number of hydrogen-bond acceptors (Lipinski definition) is 5. The predicted molar refractivity (Wildman–Crippen MR) is 117 cm³/mol. The van der Waals surface area contributed by atoms with Crippen molar-refractivity contribution in [2.24, 2.45) is 5.92 Å². The van der Waals surface area contributed by atoms with Crippen molar-refractivity contribution in [3.05, 3.63) is 57.8 Å². The van der Waals surface area contributed by atoms with Gasteiger partial charge in [0.2, 0.25) is 0 Å². The zero-order valence-corrected chi connectivity index (χ0v) is 18.2. The van der Waals surface area contributed by atoms with Crippen LogP contribution in [0, 0.1) is 5.92 Å². The number of thiophene rings is 1. The number of rotatable bonds is 6. The summed E-state index contributed by atoms with van der Waals surface area (Å²) in [5, 5.41) is 13.1. The third kappa shape index (κ3) is 3.88. The summed E-state index contributed by atoms with van der Waals surface area (Å²) in [7, 11) is 0. The molecule has 30 heavy (non-hydrogen) atoms. The third-order valence-corrected chi connectivity index (χ3v) is 6.63. The Morgan fingerprint density at radius 3 is 2.63 bits per heavy atom. The van der Waals surface area contributed by atoms with E-state index in [1.54, 1.807) is 23.1 Å². The number of carbonyl (C=O) groups excluding carboxylic acids is 2. The molecule has 1 aliphatic carbocycles. The van der Waals surface area contributed by atoms with Crippen molar-refractivity contribution < 1.29 is 19.4 Å². The van der Waals surface area contributed by atoms with Gasteiger partial charge in [0.15, 0.2) is 0 Å². The molecule has 6 heteroatoms. The second-order valence-corrected chi connectivity index (χ2v) is 9.37. The van der Waals surface area contributed by atoms with E-state index in [9.17, 15) is 14.7 Å². The fourth-order valence-corrected chi connectivity index (χ4v) is 5.12. The van der Waals surface area contributed by atoms with E-state index in [1.807, 2.05) is 23.6 Å². The maximum Gasteiger partial charge on any atom is 0.295 e. The summed E-state index contributed by atoms with van der Waals surface area (Å²) in [6, 6.07) is 10.4. The van der Waals surface area contributed by atoms with Crippen molar-refractivity contribution in [3.63, 3.8) is 0 Å². The summed E-state index contributed by atoms with van der Waals surface area (Å²) in [4.78, 5) is 28.7. The molecule has 2 fully saturated rings. The number of benzene rings is 1. The van der Waals surface area contributed by atoms with Crippen LogP contribution in [-0.2, 0) is 9.59 Å². The Balaban J connectivity index is 1.76. The molecule has 1 N–H and O–H groups in total. The summed E-state index contributed by atoms with van der Waals surface area (Å²) < 4.78 is 5.78. The van der Waals surface area contributed by atoms with E-state index in [-0.39, 0.29) is 17.4 Å². The van der Waals surface area contributed by atoms with Crippen molar-refractivity contribution in [2.45, 2.75) is 51.6 Å². The first kappa shape index (κ1) is 20.7. The first-order chi connectivity index (χ1) is 14.5. The van der Waals surface area contributed by atoms with Crippen LogP contribution in [0.2, 0.25) is 0 Å². The van der Waals surface area contributed by atoms with Crippen LogP contribution in [0.25, 0.3) is 5.76 Å². The normalized spacial score (nSPS) is 21.7. The Labute approximate surface area is 181 Å². The number of ether oxygens (including phenoxy) is 1. The zero-order valence-electron chi connectivity index (χ0n) is 17.3. The molecule has 1 unspecified atom stereocenters. The minimum absolute atomic E-state index is 0.0413. The SMILES string of the molecule is CC(C)COc1cccc(/C(O)=C2/C(=O)C(=O)N(C3CCCC3)C2c2cccs2)c1. The second-order valence-electron chi connectivity index (χ2n) is 8.39. The van der Waals surface area contributed by atoms with Gasteiger partial charge in [-0.05, 0) is 42.3 Å². The molecule has 0 spiro atoms. The van der Waals surface area contributed by atoms with Crippen molar-refractivity contribution in [1.82, 2.24) is 4.90 Å². The molecular formula is C24H27NO4S. The van der Waals surface area contributed by atoms with E-state index >= 15 is 0 Å². The number of amides is 1. The topological polar surface area (TPSA) is 66.8 Å². The lowest BCUT2D eigenvalue weighted by atomic mass is 9.99. The molecule has 158 valence electrons. The van der Waals surface area contributed by atoms with E-state index in [4.69, 9.17) is 4.74 Å². The summed E-state index contributed by atoms with van der Waals surface area (Å²) in [6.07, 6.45) is 3.90.